The third kappa shape index (κ3) is 4.20. The summed E-state index contributed by atoms with van der Waals surface area (Å²) in [6, 6.07) is 5.33. The zero-order valence-electron chi connectivity index (χ0n) is 10.1. The normalized spacial score (nSPS) is 9.65. The van der Waals surface area contributed by atoms with Gasteiger partial charge in [0.2, 0.25) is 0 Å². The summed E-state index contributed by atoms with van der Waals surface area (Å²) in [5, 5.41) is 2.84. The number of carbonyl (C=O) groups is 1. The Balaban J connectivity index is 2.42. The van der Waals surface area contributed by atoms with Crippen LogP contribution in [0.3, 0.4) is 0 Å². The van der Waals surface area contributed by atoms with Gasteiger partial charge in [-0.3, -0.25) is 4.79 Å². The average Bonchev–Trinajstić information content (AvgIpc) is 2.32. The fourth-order valence-corrected chi connectivity index (χ4v) is 1.44. The number of nitrogens with two attached hydrogens (primary N) is 1. The molecule has 3 heteroatoms. The molecule has 0 aromatic heterocycles. The second-order valence-electron chi connectivity index (χ2n) is 3.99. The number of terminal acetylenes is 1. The Labute approximate surface area is 102 Å². The lowest BCUT2D eigenvalue weighted by atomic mass is 10.1. The summed E-state index contributed by atoms with van der Waals surface area (Å²) in [5.74, 6) is 2.49. The van der Waals surface area contributed by atoms with Crippen LogP contribution in [0.15, 0.2) is 18.2 Å². The highest BCUT2D eigenvalue weighted by atomic mass is 16.1. The predicted molar refractivity (Wildman–Crippen MR) is 70.6 cm³/mol. The van der Waals surface area contributed by atoms with Crippen molar-refractivity contribution in [3.8, 4) is 12.3 Å². The number of amides is 1. The minimum Gasteiger partial charge on any atom is -0.398 e. The minimum absolute atomic E-state index is 0.0857. The predicted octanol–water partition coefficient (Wildman–Crippen LogP) is 2.11. The van der Waals surface area contributed by atoms with Crippen molar-refractivity contribution in [1.82, 2.24) is 5.32 Å². The van der Waals surface area contributed by atoms with Crippen molar-refractivity contribution in [3.63, 3.8) is 0 Å². The van der Waals surface area contributed by atoms with Crippen LogP contribution < -0.4 is 11.1 Å². The van der Waals surface area contributed by atoms with Gasteiger partial charge in [0.1, 0.15) is 0 Å². The van der Waals surface area contributed by atoms with E-state index in [1.807, 2.05) is 13.0 Å². The minimum atomic E-state index is -0.0857. The van der Waals surface area contributed by atoms with Gasteiger partial charge < -0.3 is 11.1 Å². The van der Waals surface area contributed by atoms with Gasteiger partial charge in [-0.05, 0) is 37.5 Å². The number of nitrogens with one attached hydrogen (secondary N) is 1. The Morgan fingerprint density at radius 3 is 2.88 bits per heavy atom. The number of benzene rings is 1. The van der Waals surface area contributed by atoms with Crippen LogP contribution in [0, 0.1) is 19.3 Å². The first kappa shape index (κ1) is 13.1. The zero-order chi connectivity index (χ0) is 12.7. The number of rotatable bonds is 5. The Morgan fingerprint density at radius 2 is 2.24 bits per heavy atom. The lowest BCUT2D eigenvalue weighted by Crippen LogP contribution is -2.24. The van der Waals surface area contributed by atoms with E-state index in [1.54, 1.807) is 12.1 Å². The molecule has 3 N–H and O–H groups in total. The van der Waals surface area contributed by atoms with E-state index in [2.05, 4.69) is 11.2 Å². The van der Waals surface area contributed by atoms with Gasteiger partial charge in [-0.15, -0.1) is 12.3 Å². The smallest absolute Gasteiger partial charge is 0.251 e. The Morgan fingerprint density at radius 1 is 1.47 bits per heavy atom. The molecule has 0 unspecified atom stereocenters. The lowest BCUT2D eigenvalue weighted by molar-refractivity contribution is 0.0953. The third-order valence-corrected chi connectivity index (χ3v) is 2.57. The molecule has 1 rings (SSSR count). The van der Waals surface area contributed by atoms with Crippen LogP contribution in [0.4, 0.5) is 5.69 Å². The molecule has 90 valence electrons. The molecular weight excluding hydrogens is 212 g/mol. The van der Waals surface area contributed by atoms with E-state index in [-0.39, 0.29) is 5.91 Å². The highest BCUT2D eigenvalue weighted by Gasteiger charge is 2.05. The maximum absolute atomic E-state index is 11.7. The molecule has 17 heavy (non-hydrogen) atoms. The standard InChI is InChI=1S/C14H18N2O/c1-3-4-5-6-9-16-14(17)12-8-7-11(2)13(15)10-12/h1,7-8,10H,4-6,9,15H2,2H3,(H,16,17). The van der Waals surface area contributed by atoms with Gasteiger partial charge in [0.05, 0.1) is 0 Å². The Hall–Kier alpha value is -1.95. The van der Waals surface area contributed by atoms with E-state index in [0.717, 1.165) is 24.8 Å². The van der Waals surface area contributed by atoms with Crippen molar-refractivity contribution in [1.29, 1.82) is 0 Å². The van der Waals surface area contributed by atoms with Crippen LogP contribution >= 0.6 is 0 Å². The van der Waals surface area contributed by atoms with Crippen molar-refractivity contribution >= 4 is 11.6 Å². The molecule has 0 bridgehead atoms. The van der Waals surface area contributed by atoms with E-state index in [4.69, 9.17) is 12.2 Å². The zero-order valence-corrected chi connectivity index (χ0v) is 10.1. The van der Waals surface area contributed by atoms with Crippen molar-refractivity contribution < 1.29 is 4.79 Å². The van der Waals surface area contributed by atoms with E-state index in [1.165, 1.54) is 0 Å². The van der Waals surface area contributed by atoms with E-state index < -0.39 is 0 Å². The fraction of sp³-hybridized carbons (Fsp3) is 0.357. The van der Waals surface area contributed by atoms with Crippen LogP contribution in [-0.4, -0.2) is 12.5 Å². The van der Waals surface area contributed by atoms with Gasteiger partial charge in [0.25, 0.3) is 5.91 Å². The van der Waals surface area contributed by atoms with Crippen molar-refractivity contribution in [2.24, 2.45) is 0 Å². The fourth-order valence-electron chi connectivity index (χ4n) is 1.44. The maximum atomic E-state index is 11.7. The molecule has 3 nitrogen and oxygen atoms in total. The number of nitrogen functional groups attached to an aromatic ring is 1. The molecule has 0 aliphatic carbocycles. The van der Waals surface area contributed by atoms with Gasteiger partial charge in [0, 0.05) is 24.2 Å². The second kappa shape index (κ2) is 6.59. The summed E-state index contributed by atoms with van der Waals surface area (Å²) in [4.78, 5) is 11.7. The third-order valence-electron chi connectivity index (χ3n) is 2.57. The second-order valence-corrected chi connectivity index (χ2v) is 3.99. The average molecular weight is 230 g/mol. The quantitative estimate of drug-likeness (QED) is 0.462. The molecule has 0 atom stereocenters. The summed E-state index contributed by atoms with van der Waals surface area (Å²) in [5.41, 5.74) is 7.98. The lowest BCUT2D eigenvalue weighted by Gasteiger charge is -2.06. The highest BCUT2D eigenvalue weighted by Crippen LogP contribution is 2.12. The highest BCUT2D eigenvalue weighted by molar-refractivity contribution is 5.95. The first-order valence-corrected chi connectivity index (χ1v) is 5.73. The summed E-state index contributed by atoms with van der Waals surface area (Å²) in [7, 11) is 0. The Kier molecular flexibility index (Phi) is 5.09. The molecule has 0 fully saturated rings. The van der Waals surface area contributed by atoms with Gasteiger partial charge in [0.15, 0.2) is 0 Å². The van der Waals surface area contributed by atoms with E-state index in [0.29, 0.717) is 17.8 Å². The number of carbonyl (C=O) groups excluding carboxylic acids is 1. The van der Waals surface area contributed by atoms with E-state index in [9.17, 15) is 4.79 Å². The first-order chi connectivity index (χ1) is 8.15. The Bertz CT molecular complexity index is 432. The number of aryl methyl sites for hydroxylation is 1. The van der Waals surface area contributed by atoms with Crippen LogP contribution in [0.1, 0.15) is 35.2 Å². The van der Waals surface area contributed by atoms with E-state index >= 15 is 0 Å². The molecule has 1 aromatic carbocycles. The molecule has 0 aliphatic heterocycles. The van der Waals surface area contributed by atoms with Crippen molar-refractivity contribution in [2.75, 3.05) is 12.3 Å². The van der Waals surface area contributed by atoms with Crippen LogP contribution in [0.2, 0.25) is 0 Å². The molecule has 0 saturated carbocycles. The first-order valence-electron chi connectivity index (χ1n) is 5.73. The molecular formula is C14H18N2O. The van der Waals surface area contributed by atoms with Gasteiger partial charge in [-0.25, -0.2) is 0 Å². The van der Waals surface area contributed by atoms with Crippen molar-refractivity contribution in [3.05, 3.63) is 29.3 Å². The van der Waals surface area contributed by atoms with Crippen molar-refractivity contribution in [2.45, 2.75) is 26.2 Å². The number of anilines is 1. The molecule has 0 radical (unpaired) electrons. The van der Waals surface area contributed by atoms with Crippen LogP contribution in [0.5, 0.6) is 0 Å². The van der Waals surface area contributed by atoms with Gasteiger partial charge in [-0.2, -0.15) is 0 Å². The molecule has 0 heterocycles. The van der Waals surface area contributed by atoms with Gasteiger partial charge >= 0.3 is 0 Å². The molecule has 0 aliphatic rings. The summed E-state index contributed by atoms with van der Waals surface area (Å²) < 4.78 is 0. The molecule has 1 amide bonds. The number of unbranched alkanes of at least 4 members (excludes halogenated alkanes) is 2. The molecule has 0 spiro atoms. The molecule has 0 saturated heterocycles. The summed E-state index contributed by atoms with van der Waals surface area (Å²) in [6.07, 6.45) is 7.74. The monoisotopic (exact) mass is 230 g/mol. The summed E-state index contributed by atoms with van der Waals surface area (Å²) >= 11 is 0. The number of hydrogen-bond acceptors (Lipinski definition) is 2. The van der Waals surface area contributed by atoms with Crippen LogP contribution in [0.25, 0.3) is 0 Å². The SMILES string of the molecule is C#CCCCCNC(=O)c1ccc(C)c(N)c1. The largest absolute Gasteiger partial charge is 0.398 e. The van der Waals surface area contributed by atoms with Gasteiger partial charge in [-0.1, -0.05) is 6.07 Å². The maximum Gasteiger partial charge on any atom is 0.251 e. The number of hydrogen-bond donors (Lipinski definition) is 2. The topological polar surface area (TPSA) is 55.1 Å². The molecule has 1 aromatic rings. The summed E-state index contributed by atoms with van der Waals surface area (Å²) in [6.45, 7) is 2.56. The van der Waals surface area contributed by atoms with Crippen LogP contribution in [-0.2, 0) is 0 Å².